The molecule has 1 rings (SSSR count). The fraction of sp³-hybridized carbons (Fsp3) is 0.333. The second kappa shape index (κ2) is 2.00. The molecule has 1 aliphatic rings. The van der Waals surface area contributed by atoms with Crippen molar-refractivity contribution in [3.05, 3.63) is 0 Å². The van der Waals surface area contributed by atoms with Gasteiger partial charge in [-0.1, -0.05) is 0 Å². The SMILES string of the molecule is O=C1NC(=O)[CH]([PbH])N1. The Morgan fingerprint density at radius 3 is 2.25 bits per heavy atom. The molecule has 0 spiro atoms. The topological polar surface area (TPSA) is 58.2 Å². The molecular formula is C3H4N2O2Pb. The van der Waals surface area contributed by atoms with Gasteiger partial charge in [-0.15, -0.1) is 0 Å². The molecule has 1 saturated heterocycles. The van der Waals surface area contributed by atoms with E-state index in [1.54, 1.807) is 0 Å². The molecule has 3 amide bonds. The molecule has 0 aliphatic carbocycles. The Labute approximate surface area is 61.7 Å². The molecule has 42 valence electrons. The van der Waals surface area contributed by atoms with Crippen LogP contribution in [0.1, 0.15) is 0 Å². The predicted octanol–water partition coefficient (Wildman–Crippen LogP) is -1.95. The van der Waals surface area contributed by atoms with Crippen molar-refractivity contribution in [1.82, 2.24) is 10.6 Å². The standard InChI is InChI=1S/C3H3N2O2.Pb.H/c6-2-1-4-3(7)5-2;;/h1H,(H2,4,5,6,7);;. The molecule has 2 radical (unpaired) electrons. The number of amides is 3. The molecule has 1 unspecified atom stereocenters. The van der Waals surface area contributed by atoms with E-state index in [0.29, 0.717) is 25.8 Å². The zero-order valence-corrected chi connectivity index (χ0v) is 8.46. The first-order valence-electron chi connectivity index (χ1n) is 2.07. The Balaban J connectivity index is 2.64. The van der Waals surface area contributed by atoms with Crippen LogP contribution < -0.4 is 10.6 Å². The summed E-state index contributed by atoms with van der Waals surface area (Å²) >= 11 is 0.492. The number of carbonyl (C=O) groups is 2. The van der Waals surface area contributed by atoms with Gasteiger partial charge in [0.15, 0.2) is 0 Å². The van der Waals surface area contributed by atoms with E-state index >= 15 is 0 Å². The molecule has 2 N–H and O–H groups in total. The van der Waals surface area contributed by atoms with E-state index in [0.717, 1.165) is 0 Å². The van der Waals surface area contributed by atoms with Gasteiger partial charge in [0.05, 0.1) is 0 Å². The molecular weight excluding hydrogens is 303 g/mol. The minimum absolute atomic E-state index is 0.181. The van der Waals surface area contributed by atoms with Crippen molar-refractivity contribution < 1.29 is 9.59 Å². The van der Waals surface area contributed by atoms with E-state index in [-0.39, 0.29) is 15.5 Å². The number of hydrogen-bond donors (Lipinski definition) is 2. The Hall–Kier alpha value is -0.138. The van der Waals surface area contributed by atoms with Gasteiger partial charge in [-0.2, -0.15) is 0 Å². The van der Waals surface area contributed by atoms with Crippen LogP contribution in [-0.2, 0) is 4.79 Å². The first-order chi connectivity index (χ1) is 3.70. The number of hydrogen-bond acceptors (Lipinski definition) is 2. The quantitative estimate of drug-likeness (QED) is 0.404. The summed E-state index contributed by atoms with van der Waals surface area (Å²) in [5.74, 6) is -0.181. The number of urea groups is 1. The van der Waals surface area contributed by atoms with Crippen LogP contribution in [0.2, 0.25) is 0 Å². The van der Waals surface area contributed by atoms with Crippen LogP contribution in [0.3, 0.4) is 0 Å². The van der Waals surface area contributed by atoms with Gasteiger partial charge in [0, 0.05) is 0 Å². The van der Waals surface area contributed by atoms with Crippen LogP contribution in [0.5, 0.6) is 0 Å². The van der Waals surface area contributed by atoms with E-state index in [1.807, 2.05) is 0 Å². The molecule has 1 atom stereocenters. The van der Waals surface area contributed by atoms with Crippen molar-refractivity contribution in [3.63, 3.8) is 0 Å². The van der Waals surface area contributed by atoms with Crippen LogP contribution in [-0.4, -0.2) is 41.3 Å². The van der Waals surface area contributed by atoms with Crippen molar-refractivity contribution >= 4 is 37.7 Å². The zero-order valence-electron chi connectivity index (χ0n) is 3.97. The van der Waals surface area contributed by atoms with Gasteiger partial charge in [-0.3, -0.25) is 0 Å². The van der Waals surface area contributed by atoms with Crippen molar-refractivity contribution in [3.8, 4) is 0 Å². The first kappa shape index (κ1) is 5.99. The van der Waals surface area contributed by atoms with Gasteiger partial charge in [-0.05, 0) is 0 Å². The fourth-order valence-corrected chi connectivity index (χ4v) is 1.34. The van der Waals surface area contributed by atoms with Gasteiger partial charge in [-0.25, -0.2) is 0 Å². The summed E-state index contributed by atoms with van der Waals surface area (Å²) < 4.78 is -0.192. The summed E-state index contributed by atoms with van der Waals surface area (Å²) in [5, 5.41) is 4.56. The van der Waals surface area contributed by atoms with Crippen molar-refractivity contribution in [2.24, 2.45) is 0 Å². The number of rotatable bonds is 0. The molecule has 0 aromatic rings. The molecule has 0 aromatic carbocycles. The van der Waals surface area contributed by atoms with Gasteiger partial charge in [0.2, 0.25) is 0 Å². The van der Waals surface area contributed by atoms with E-state index in [9.17, 15) is 9.59 Å². The Kier molecular flexibility index (Phi) is 1.50. The third-order valence-electron chi connectivity index (χ3n) is 0.806. The van der Waals surface area contributed by atoms with Crippen molar-refractivity contribution in [2.45, 2.75) is 3.60 Å². The fourth-order valence-electron chi connectivity index (χ4n) is 0.433. The van der Waals surface area contributed by atoms with Gasteiger partial charge in [0.25, 0.3) is 0 Å². The first-order valence-corrected chi connectivity index (χ1v) is 4.66. The second-order valence-electron chi connectivity index (χ2n) is 1.44. The third kappa shape index (κ3) is 0.985. The van der Waals surface area contributed by atoms with Crippen LogP contribution >= 0.6 is 0 Å². The molecule has 4 nitrogen and oxygen atoms in total. The molecule has 1 heterocycles. The number of carbonyl (C=O) groups excluding carboxylic acids is 2. The van der Waals surface area contributed by atoms with Crippen LogP contribution in [0.4, 0.5) is 4.79 Å². The minimum atomic E-state index is -0.359. The van der Waals surface area contributed by atoms with Gasteiger partial charge in [0.1, 0.15) is 0 Å². The maximum absolute atomic E-state index is 10.4. The van der Waals surface area contributed by atoms with E-state index in [2.05, 4.69) is 10.6 Å². The Morgan fingerprint density at radius 2 is 2.12 bits per heavy atom. The predicted molar refractivity (Wildman–Crippen MR) is 27.6 cm³/mol. The monoisotopic (exact) mass is 308 g/mol. The molecule has 1 fully saturated rings. The molecule has 1 aliphatic heterocycles. The van der Waals surface area contributed by atoms with Crippen LogP contribution in [0.15, 0.2) is 0 Å². The summed E-state index contributed by atoms with van der Waals surface area (Å²) in [6, 6.07) is -0.359. The van der Waals surface area contributed by atoms with E-state index in [4.69, 9.17) is 0 Å². The molecule has 0 saturated carbocycles. The van der Waals surface area contributed by atoms with Crippen LogP contribution in [0.25, 0.3) is 0 Å². The third-order valence-corrected chi connectivity index (χ3v) is 2.63. The summed E-state index contributed by atoms with van der Waals surface area (Å²) in [7, 11) is 0. The summed E-state index contributed by atoms with van der Waals surface area (Å²) in [4.78, 5) is 20.7. The van der Waals surface area contributed by atoms with E-state index in [1.165, 1.54) is 0 Å². The molecule has 0 bridgehead atoms. The average Bonchev–Trinajstić information content (AvgIpc) is 1.85. The van der Waals surface area contributed by atoms with Crippen molar-refractivity contribution in [1.29, 1.82) is 0 Å². The maximum atomic E-state index is 10.4. The second-order valence-corrected chi connectivity index (χ2v) is 4.03. The summed E-state index contributed by atoms with van der Waals surface area (Å²) in [5.41, 5.74) is 0. The van der Waals surface area contributed by atoms with E-state index < -0.39 is 0 Å². The normalized spacial score (nSPS) is 27.4. The average molecular weight is 307 g/mol. The number of nitrogens with one attached hydrogen (secondary N) is 2. The molecule has 8 heavy (non-hydrogen) atoms. The van der Waals surface area contributed by atoms with Crippen LogP contribution in [0, 0.1) is 0 Å². The summed E-state index contributed by atoms with van der Waals surface area (Å²) in [6.45, 7) is 0. The number of imide groups is 1. The van der Waals surface area contributed by atoms with Gasteiger partial charge < -0.3 is 0 Å². The molecule has 5 heteroatoms. The summed E-state index contributed by atoms with van der Waals surface area (Å²) in [6.07, 6.45) is 0. The Morgan fingerprint density at radius 1 is 1.50 bits per heavy atom. The molecule has 0 aromatic heterocycles. The van der Waals surface area contributed by atoms with Gasteiger partial charge >= 0.3 is 61.5 Å². The Bertz CT molecular complexity index is 146. The van der Waals surface area contributed by atoms with Crippen molar-refractivity contribution in [2.75, 3.05) is 0 Å². The zero-order chi connectivity index (χ0) is 6.15.